The molecule has 2 atom stereocenters. The second-order valence-electron chi connectivity index (χ2n) is 5.50. The van der Waals surface area contributed by atoms with Gasteiger partial charge in [0.1, 0.15) is 11.9 Å². The van der Waals surface area contributed by atoms with E-state index in [-0.39, 0.29) is 6.04 Å². The second-order valence-corrected chi connectivity index (χ2v) is 5.50. The number of carboxylic acids is 1. The number of anilines is 2. The van der Waals surface area contributed by atoms with Gasteiger partial charge in [-0.3, -0.25) is 0 Å². The van der Waals surface area contributed by atoms with Gasteiger partial charge in [0.05, 0.1) is 12.6 Å². The van der Waals surface area contributed by atoms with Gasteiger partial charge in [-0.05, 0) is 25.3 Å². The summed E-state index contributed by atoms with van der Waals surface area (Å²) in [5, 5.41) is 15.4. The maximum atomic E-state index is 11.3. The average molecular weight is 308 g/mol. The number of hydrogen-bond acceptors (Lipinski definition) is 6. The largest absolute Gasteiger partial charge is 0.480 e. The number of nitrogens with zero attached hydrogens (tertiary/aromatic N) is 2. The van der Waals surface area contributed by atoms with Gasteiger partial charge < -0.3 is 20.5 Å². The Labute approximate surface area is 130 Å². The number of aromatic nitrogens is 2. The van der Waals surface area contributed by atoms with Crippen molar-refractivity contribution in [1.82, 2.24) is 9.97 Å². The van der Waals surface area contributed by atoms with Gasteiger partial charge in [0.25, 0.3) is 0 Å². The topological polar surface area (TPSA) is 96.4 Å². The molecule has 0 radical (unpaired) electrons. The minimum atomic E-state index is -0.879. The van der Waals surface area contributed by atoms with Gasteiger partial charge in [-0.1, -0.05) is 19.8 Å². The molecule has 1 aromatic heterocycles. The smallest absolute Gasteiger partial charge is 0.326 e. The van der Waals surface area contributed by atoms with E-state index >= 15 is 0 Å². The van der Waals surface area contributed by atoms with Crippen molar-refractivity contribution in [3.8, 4) is 0 Å². The van der Waals surface area contributed by atoms with Crippen LogP contribution in [0.2, 0.25) is 0 Å². The van der Waals surface area contributed by atoms with Crippen LogP contribution in [0.3, 0.4) is 0 Å². The molecule has 0 aliphatic carbocycles. The summed E-state index contributed by atoms with van der Waals surface area (Å²) in [6, 6.07) is 1.36. The molecule has 0 amide bonds. The van der Waals surface area contributed by atoms with E-state index in [4.69, 9.17) is 4.74 Å². The van der Waals surface area contributed by atoms with Crippen molar-refractivity contribution in [2.24, 2.45) is 0 Å². The Bertz CT molecular complexity index is 478. The quantitative estimate of drug-likeness (QED) is 0.677. The SMILES string of the molecule is CCCC[C@H](Nc1nccc(NC2CCCOC2)n1)C(=O)O. The van der Waals surface area contributed by atoms with E-state index < -0.39 is 12.0 Å². The first-order valence-corrected chi connectivity index (χ1v) is 7.85. The molecule has 22 heavy (non-hydrogen) atoms. The summed E-state index contributed by atoms with van der Waals surface area (Å²) in [5.74, 6) is 0.147. The standard InChI is InChI=1S/C15H24N4O3/c1-2-3-6-12(14(20)21)18-15-16-8-7-13(19-15)17-11-5-4-9-22-10-11/h7-8,11-12H,2-6,9-10H2,1H3,(H,20,21)(H2,16,17,18,19)/t11?,12-/m0/s1. The Morgan fingerprint density at radius 2 is 2.45 bits per heavy atom. The number of carbonyl (C=O) groups is 1. The molecule has 122 valence electrons. The molecule has 0 bridgehead atoms. The van der Waals surface area contributed by atoms with Crippen LogP contribution < -0.4 is 10.6 Å². The van der Waals surface area contributed by atoms with E-state index in [0.717, 1.165) is 32.3 Å². The molecular formula is C15H24N4O3. The number of unbranched alkanes of at least 4 members (excludes halogenated alkanes) is 1. The molecule has 1 fully saturated rings. The third kappa shape index (κ3) is 5.14. The van der Waals surface area contributed by atoms with Gasteiger partial charge in [0, 0.05) is 12.8 Å². The minimum absolute atomic E-state index is 0.242. The third-order valence-electron chi connectivity index (χ3n) is 3.62. The van der Waals surface area contributed by atoms with Crippen LogP contribution in [0.4, 0.5) is 11.8 Å². The van der Waals surface area contributed by atoms with Crippen molar-refractivity contribution in [3.05, 3.63) is 12.3 Å². The Hall–Kier alpha value is -1.89. The van der Waals surface area contributed by atoms with Gasteiger partial charge in [-0.2, -0.15) is 4.98 Å². The second kappa shape index (κ2) is 8.53. The third-order valence-corrected chi connectivity index (χ3v) is 3.62. The molecule has 7 heteroatoms. The van der Waals surface area contributed by atoms with Crippen molar-refractivity contribution in [3.63, 3.8) is 0 Å². The number of aliphatic carboxylic acids is 1. The van der Waals surface area contributed by atoms with E-state index in [1.807, 2.05) is 6.92 Å². The summed E-state index contributed by atoms with van der Waals surface area (Å²) >= 11 is 0. The predicted molar refractivity (Wildman–Crippen MR) is 84.1 cm³/mol. The van der Waals surface area contributed by atoms with Crippen LogP contribution in [0.25, 0.3) is 0 Å². The number of ether oxygens (including phenoxy) is 1. The van der Waals surface area contributed by atoms with Crippen molar-refractivity contribution >= 4 is 17.7 Å². The summed E-state index contributed by atoms with van der Waals surface area (Å²) in [6.07, 6.45) is 6.06. The highest BCUT2D eigenvalue weighted by Crippen LogP contribution is 2.14. The minimum Gasteiger partial charge on any atom is -0.480 e. The molecular weight excluding hydrogens is 284 g/mol. The van der Waals surface area contributed by atoms with Crippen LogP contribution >= 0.6 is 0 Å². The maximum absolute atomic E-state index is 11.3. The van der Waals surface area contributed by atoms with E-state index in [1.165, 1.54) is 0 Å². The highest BCUT2D eigenvalue weighted by molar-refractivity contribution is 5.76. The van der Waals surface area contributed by atoms with Crippen LogP contribution in [0.1, 0.15) is 39.0 Å². The van der Waals surface area contributed by atoms with Gasteiger partial charge in [0.15, 0.2) is 0 Å². The summed E-state index contributed by atoms with van der Waals surface area (Å²) in [5.41, 5.74) is 0. The number of hydrogen-bond donors (Lipinski definition) is 3. The maximum Gasteiger partial charge on any atom is 0.326 e. The van der Waals surface area contributed by atoms with Crippen LogP contribution in [-0.4, -0.2) is 46.3 Å². The molecule has 1 unspecified atom stereocenters. The van der Waals surface area contributed by atoms with E-state index in [2.05, 4.69) is 20.6 Å². The Balaban J connectivity index is 1.95. The van der Waals surface area contributed by atoms with Crippen molar-refractivity contribution in [2.45, 2.75) is 51.1 Å². The first-order valence-electron chi connectivity index (χ1n) is 7.85. The molecule has 1 saturated heterocycles. The molecule has 0 saturated carbocycles. The zero-order valence-corrected chi connectivity index (χ0v) is 12.9. The predicted octanol–water partition coefficient (Wildman–Crippen LogP) is 2.12. The van der Waals surface area contributed by atoms with Gasteiger partial charge in [-0.15, -0.1) is 0 Å². The van der Waals surface area contributed by atoms with Gasteiger partial charge in [0.2, 0.25) is 5.95 Å². The number of carboxylic acid groups (broad SMARTS) is 1. The first-order chi connectivity index (χ1) is 10.7. The molecule has 0 spiro atoms. The van der Waals surface area contributed by atoms with Crippen molar-refractivity contribution < 1.29 is 14.6 Å². The summed E-state index contributed by atoms with van der Waals surface area (Å²) in [7, 11) is 0. The summed E-state index contributed by atoms with van der Waals surface area (Å²) in [6.45, 7) is 3.51. The van der Waals surface area contributed by atoms with Gasteiger partial charge in [-0.25, -0.2) is 9.78 Å². The number of rotatable bonds is 8. The highest BCUT2D eigenvalue weighted by Gasteiger charge is 2.18. The van der Waals surface area contributed by atoms with Gasteiger partial charge >= 0.3 is 5.97 Å². The normalized spacial score (nSPS) is 19.4. The molecule has 7 nitrogen and oxygen atoms in total. The molecule has 1 aliphatic heterocycles. The van der Waals surface area contributed by atoms with Crippen LogP contribution in [0.5, 0.6) is 0 Å². The fourth-order valence-corrected chi connectivity index (χ4v) is 2.39. The molecule has 0 aromatic carbocycles. The monoisotopic (exact) mass is 308 g/mol. The average Bonchev–Trinajstić information content (AvgIpc) is 2.52. The lowest BCUT2D eigenvalue weighted by molar-refractivity contribution is -0.138. The Kier molecular flexibility index (Phi) is 6.39. The molecule has 3 N–H and O–H groups in total. The lowest BCUT2D eigenvalue weighted by Gasteiger charge is -2.23. The zero-order valence-electron chi connectivity index (χ0n) is 12.9. The molecule has 1 aromatic rings. The molecule has 1 aliphatic rings. The van der Waals surface area contributed by atoms with Crippen LogP contribution in [0, 0.1) is 0 Å². The summed E-state index contributed by atoms with van der Waals surface area (Å²) < 4.78 is 5.43. The highest BCUT2D eigenvalue weighted by atomic mass is 16.5. The Morgan fingerprint density at radius 3 is 3.14 bits per heavy atom. The fraction of sp³-hybridized carbons (Fsp3) is 0.667. The Morgan fingerprint density at radius 1 is 1.59 bits per heavy atom. The van der Waals surface area contributed by atoms with E-state index in [1.54, 1.807) is 12.3 Å². The lowest BCUT2D eigenvalue weighted by atomic mass is 10.1. The first kappa shape index (κ1) is 16.5. The zero-order chi connectivity index (χ0) is 15.8. The van der Waals surface area contributed by atoms with E-state index in [9.17, 15) is 9.90 Å². The molecule has 2 heterocycles. The van der Waals surface area contributed by atoms with Crippen molar-refractivity contribution in [2.75, 3.05) is 23.8 Å². The van der Waals surface area contributed by atoms with Crippen LogP contribution in [0.15, 0.2) is 12.3 Å². The fourth-order valence-electron chi connectivity index (χ4n) is 2.39. The van der Waals surface area contributed by atoms with Crippen molar-refractivity contribution in [1.29, 1.82) is 0 Å². The molecule has 2 rings (SSSR count). The lowest BCUT2D eigenvalue weighted by Crippen LogP contribution is -2.31. The van der Waals surface area contributed by atoms with Crippen LogP contribution in [-0.2, 0) is 9.53 Å². The van der Waals surface area contributed by atoms with E-state index in [0.29, 0.717) is 24.8 Å². The summed E-state index contributed by atoms with van der Waals surface area (Å²) in [4.78, 5) is 19.7. The number of nitrogens with one attached hydrogen (secondary N) is 2.